The maximum absolute atomic E-state index is 13.7. The van der Waals surface area contributed by atoms with E-state index in [0.29, 0.717) is 41.3 Å². The number of ketones is 1. The van der Waals surface area contributed by atoms with Crippen molar-refractivity contribution in [2.45, 2.75) is 63.2 Å². The summed E-state index contributed by atoms with van der Waals surface area (Å²) in [5.74, 6) is 0.501. The van der Waals surface area contributed by atoms with Gasteiger partial charge in [0, 0.05) is 54.7 Å². The van der Waals surface area contributed by atoms with Gasteiger partial charge in [0.2, 0.25) is 5.91 Å². The summed E-state index contributed by atoms with van der Waals surface area (Å²) < 4.78 is 13.0. The zero-order valence-corrected chi connectivity index (χ0v) is 30.2. The molecule has 0 radical (unpaired) electrons. The first kappa shape index (κ1) is 35.7. The van der Waals surface area contributed by atoms with E-state index in [1.54, 1.807) is 55.3 Å². The van der Waals surface area contributed by atoms with Gasteiger partial charge in [0.05, 0.1) is 13.7 Å². The molecule has 2 aromatic carbocycles. The Labute approximate surface area is 303 Å². The van der Waals surface area contributed by atoms with Gasteiger partial charge in [-0.25, -0.2) is 4.98 Å². The highest BCUT2D eigenvalue weighted by Crippen LogP contribution is 2.40. The van der Waals surface area contributed by atoms with Crippen molar-refractivity contribution in [1.29, 1.82) is 0 Å². The van der Waals surface area contributed by atoms with Crippen LogP contribution in [0.1, 0.15) is 81.1 Å². The van der Waals surface area contributed by atoms with Crippen LogP contribution in [0, 0.1) is 0 Å². The minimum Gasteiger partial charge on any atom is -0.493 e. The van der Waals surface area contributed by atoms with Crippen LogP contribution in [-0.4, -0.2) is 64.1 Å². The van der Waals surface area contributed by atoms with Crippen molar-refractivity contribution in [3.05, 3.63) is 101 Å². The summed E-state index contributed by atoms with van der Waals surface area (Å²) in [6, 6.07) is 18.4. The van der Waals surface area contributed by atoms with Gasteiger partial charge in [-0.2, -0.15) is 12.6 Å². The van der Waals surface area contributed by atoms with Gasteiger partial charge in [0.1, 0.15) is 17.2 Å². The van der Waals surface area contributed by atoms with Crippen LogP contribution < -0.4 is 25.0 Å². The van der Waals surface area contributed by atoms with Crippen LogP contribution in [-0.2, 0) is 31.1 Å². The first-order valence-corrected chi connectivity index (χ1v) is 17.6. The van der Waals surface area contributed by atoms with Crippen molar-refractivity contribution in [2.75, 3.05) is 30.5 Å². The molecule has 4 heterocycles. The number of aryl methyl sites for hydroxylation is 2. The zero-order valence-electron chi connectivity index (χ0n) is 29.3. The van der Waals surface area contributed by atoms with Gasteiger partial charge in [0.15, 0.2) is 17.3 Å². The number of thiol groups is 1. The molecule has 0 bridgehead atoms. The normalized spacial score (nSPS) is 15.0. The quantitative estimate of drug-likeness (QED) is 0.0935. The van der Waals surface area contributed by atoms with Crippen LogP contribution >= 0.6 is 12.6 Å². The molecule has 0 fully saturated rings. The predicted molar refractivity (Wildman–Crippen MR) is 198 cm³/mol. The van der Waals surface area contributed by atoms with Crippen LogP contribution in [0.25, 0.3) is 0 Å². The number of amides is 3. The molecule has 12 heteroatoms. The average molecular weight is 710 g/mol. The van der Waals surface area contributed by atoms with Crippen molar-refractivity contribution in [3.8, 4) is 11.5 Å². The number of anilines is 2. The predicted octanol–water partition coefficient (Wildman–Crippen LogP) is 5.61. The molecule has 4 aromatic rings. The lowest BCUT2D eigenvalue weighted by Gasteiger charge is -2.23. The third-order valence-corrected chi connectivity index (χ3v) is 9.26. The Hall–Kier alpha value is -5.10. The summed E-state index contributed by atoms with van der Waals surface area (Å²) in [5.41, 5.74) is 5.05. The monoisotopic (exact) mass is 709 g/mol. The third-order valence-electron chi connectivity index (χ3n) is 9.11. The van der Waals surface area contributed by atoms with E-state index in [1.807, 2.05) is 43.0 Å². The second-order valence-electron chi connectivity index (χ2n) is 13.7. The molecule has 0 saturated heterocycles. The standard InChI is InChI=1S/C39H43N5O6S/c1-39(2,51)23-40-37(47)31-17-24(22-43(31)3)18-32(45)29-10-7-12-35(41-29)42-36(46)13-8-16-50-34-20-25-14-15-27-19-26-9-5-6-11-30(26)44(27)38(48)28(25)21-33(34)49-4/h5-7,9-12,17,20-22,27,51H,8,13-16,18-19,23H2,1-4H3,(H,40,47)(H,41,42,46)/t27-/m1/s1. The van der Waals surface area contributed by atoms with E-state index in [9.17, 15) is 19.2 Å². The number of nitrogens with zero attached hydrogens (tertiary/aromatic N) is 3. The summed E-state index contributed by atoms with van der Waals surface area (Å²) in [5, 5.41) is 5.63. The number of aromatic nitrogens is 2. The van der Waals surface area contributed by atoms with Crippen molar-refractivity contribution in [3.63, 3.8) is 0 Å². The summed E-state index contributed by atoms with van der Waals surface area (Å²) in [7, 11) is 3.30. The maximum atomic E-state index is 13.7. The number of hydrogen-bond acceptors (Lipinski definition) is 8. The lowest BCUT2D eigenvalue weighted by Crippen LogP contribution is -2.36. The van der Waals surface area contributed by atoms with E-state index in [0.717, 1.165) is 30.5 Å². The highest BCUT2D eigenvalue weighted by molar-refractivity contribution is 7.81. The number of rotatable bonds is 13. The number of carbonyl (C=O) groups excluding carboxylic acids is 4. The molecule has 3 amide bonds. The Morgan fingerprint density at radius 1 is 1.04 bits per heavy atom. The van der Waals surface area contributed by atoms with E-state index in [1.165, 1.54) is 5.56 Å². The van der Waals surface area contributed by atoms with Crippen molar-refractivity contribution >= 4 is 47.6 Å². The van der Waals surface area contributed by atoms with Gasteiger partial charge in [-0.05, 0) is 92.6 Å². The number of nitrogens with one attached hydrogen (secondary N) is 2. The van der Waals surface area contributed by atoms with E-state index >= 15 is 0 Å². The smallest absolute Gasteiger partial charge is 0.267 e. The minimum atomic E-state index is -0.355. The molecular formula is C39H43N5O6S. The molecule has 6 rings (SSSR count). The zero-order chi connectivity index (χ0) is 36.3. The largest absolute Gasteiger partial charge is 0.493 e. The average Bonchev–Trinajstić information content (AvgIpc) is 3.63. The Bertz CT molecular complexity index is 1980. The minimum absolute atomic E-state index is 0.0265. The Kier molecular flexibility index (Phi) is 10.5. The first-order chi connectivity index (χ1) is 24.4. The highest BCUT2D eigenvalue weighted by Gasteiger charge is 2.37. The van der Waals surface area contributed by atoms with Gasteiger partial charge >= 0.3 is 0 Å². The number of ether oxygens (including phenoxy) is 2. The molecule has 0 aliphatic carbocycles. The molecule has 266 valence electrons. The van der Waals surface area contributed by atoms with Gasteiger partial charge in [-0.3, -0.25) is 19.2 Å². The molecule has 0 saturated carbocycles. The molecule has 2 aliphatic rings. The highest BCUT2D eigenvalue weighted by atomic mass is 32.1. The van der Waals surface area contributed by atoms with Crippen molar-refractivity contribution in [1.82, 2.24) is 14.9 Å². The molecule has 51 heavy (non-hydrogen) atoms. The van der Waals surface area contributed by atoms with Crippen molar-refractivity contribution < 1.29 is 28.7 Å². The molecule has 2 aromatic heterocycles. The van der Waals surface area contributed by atoms with Gasteiger partial charge in [-0.15, -0.1) is 0 Å². The lowest BCUT2D eigenvalue weighted by molar-refractivity contribution is -0.116. The fourth-order valence-electron chi connectivity index (χ4n) is 6.60. The fourth-order valence-corrected chi connectivity index (χ4v) is 6.68. The maximum Gasteiger partial charge on any atom is 0.267 e. The van der Waals surface area contributed by atoms with Crippen LogP contribution in [0.5, 0.6) is 11.5 Å². The Balaban J connectivity index is 1.01. The summed E-state index contributed by atoms with van der Waals surface area (Å²) >= 11 is 4.44. The molecule has 0 spiro atoms. The summed E-state index contributed by atoms with van der Waals surface area (Å²) in [6.07, 6.45) is 4.82. The number of carbonyl (C=O) groups is 4. The number of methoxy groups -OCH3 is 1. The third kappa shape index (κ3) is 8.28. The van der Waals surface area contributed by atoms with Crippen molar-refractivity contribution in [2.24, 2.45) is 7.05 Å². The molecule has 2 N–H and O–H groups in total. The fraction of sp³-hybridized carbons (Fsp3) is 0.359. The van der Waals surface area contributed by atoms with Gasteiger partial charge in [0.25, 0.3) is 11.8 Å². The number of benzene rings is 2. The van der Waals surface area contributed by atoms with Crippen LogP contribution in [0.3, 0.4) is 0 Å². The van der Waals surface area contributed by atoms with Crippen LogP contribution in [0.4, 0.5) is 11.5 Å². The first-order valence-electron chi connectivity index (χ1n) is 17.1. The molecule has 2 aliphatic heterocycles. The number of hydrogen-bond donors (Lipinski definition) is 3. The van der Waals surface area contributed by atoms with Gasteiger partial charge in [-0.1, -0.05) is 24.3 Å². The van der Waals surface area contributed by atoms with E-state index in [2.05, 4.69) is 34.3 Å². The Morgan fingerprint density at radius 2 is 1.84 bits per heavy atom. The van der Waals surface area contributed by atoms with Crippen LogP contribution in [0.15, 0.2) is 66.9 Å². The number of pyridine rings is 1. The molecular weight excluding hydrogens is 667 g/mol. The molecule has 11 nitrogen and oxygen atoms in total. The topological polar surface area (TPSA) is 132 Å². The number of fused-ring (bicyclic) bond motifs is 4. The number of Topliss-reactive ketones (excluding diaryl/α,β-unsaturated/α-hetero) is 1. The second-order valence-corrected chi connectivity index (χ2v) is 14.9. The second kappa shape index (κ2) is 15.0. The SMILES string of the molecule is COc1cc2c(cc1OCCCC(=O)Nc1cccc(C(=O)Cc3cc(C(=O)NCC(C)(C)S)n(C)c3)n1)CC[C@@H]1Cc3ccccc3N1C2=O. The van der Waals surface area contributed by atoms with E-state index in [-0.39, 0.29) is 65.3 Å². The molecule has 0 unspecified atom stereocenters. The number of para-hydroxylation sites is 1. The van der Waals surface area contributed by atoms with Crippen LogP contribution in [0.2, 0.25) is 0 Å². The molecule has 1 atom stereocenters. The Morgan fingerprint density at radius 3 is 2.63 bits per heavy atom. The summed E-state index contributed by atoms with van der Waals surface area (Å²) in [4.78, 5) is 58.5. The summed E-state index contributed by atoms with van der Waals surface area (Å²) in [6.45, 7) is 4.47. The van der Waals surface area contributed by atoms with E-state index in [4.69, 9.17) is 9.47 Å². The lowest BCUT2D eigenvalue weighted by atomic mass is 9.99. The van der Waals surface area contributed by atoms with E-state index < -0.39 is 0 Å². The van der Waals surface area contributed by atoms with Gasteiger partial charge < -0.3 is 29.6 Å².